The van der Waals surface area contributed by atoms with Crippen LogP contribution < -0.4 is 10.1 Å². The summed E-state index contributed by atoms with van der Waals surface area (Å²) < 4.78 is 38.5. The van der Waals surface area contributed by atoms with Gasteiger partial charge in [-0.2, -0.15) is 8.42 Å². The van der Waals surface area contributed by atoms with Gasteiger partial charge in [-0.25, -0.2) is 4.79 Å². The minimum absolute atomic E-state index is 0.0153. The SMILES string of the molecule is CS(=O)(=O)OC[C@@H](NC(=O)OCc1ccccc1)[C@H](O)c1ccc(OC2CC2)c(Cl)c1. The van der Waals surface area contributed by atoms with Gasteiger partial charge in [-0.3, -0.25) is 4.18 Å². The Morgan fingerprint density at radius 3 is 2.55 bits per heavy atom. The Balaban J connectivity index is 1.67. The molecule has 3 rings (SSSR count). The minimum Gasteiger partial charge on any atom is -0.489 e. The van der Waals surface area contributed by atoms with Crippen molar-refractivity contribution in [2.45, 2.75) is 37.7 Å². The summed E-state index contributed by atoms with van der Waals surface area (Å²) >= 11 is 6.25. The first-order valence-electron chi connectivity index (χ1n) is 9.67. The molecule has 0 heterocycles. The van der Waals surface area contributed by atoms with Crippen molar-refractivity contribution in [1.29, 1.82) is 0 Å². The van der Waals surface area contributed by atoms with E-state index in [4.69, 9.17) is 25.3 Å². The number of aliphatic hydroxyl groups excluding tert-OH is 1. The molecule has 10 heteroatoms. The summed E-state index contributed by atoms with van der Waals surface area (Å²) in [4.78, 5) is 12.2. The zero-order valence-electron chi connectivity index (χ0n) is 16.9. The van der Waals surface area contributed by atoms with Gasteiger partial charge in [0.1, 0.15) is 18.5 Å². The van der Waals surface area contributed by atoms with E-state index in [0.29, 0.717) is 16.3 Å². The summed E-state index contributed by atoms with van der Waals surface area (Å²) in [6.07, 6.45) is 0.847. The smallest absolute Gasteiger partial charge is 0.407 e. The Hall–Kier alpha value is -2.33. The number of nitrogens with one attached hydrogen (secondary N) is 1. The van der Waals surface area contributed by atoms with Crippen molar-refractivity contribution in [2.24, 2.45) is 0 Å². The molecule has 1 aliphatic carbocycles. The maximum atomic E-state index is 12.2. The summed E-state index contributed by atoms with van der Waals surface area (Å²) in [5, 5.41) is 13.5. The molecule has 0 bridgehead atoms. The van der Waals surface area contributed by atoms with E-state index in [-0.39, 0.29) is 12.7 Å². The zero-order chi connectivity index (χ0) is 22.4. The lowest BCUT2D eigenvalue weighted by Crippen LogP contribution is -2.43. The van der Waals surface area contributed by atoms with E-state index >= 15 is 0 Å². The van der Waals surface area contributed by atoms with Gasteiger partial charge in [0.2, 0.25) is 0 Å². The first kappa shape index (κ1) is 23.3. The van der Waals surface area contributed by atoms with E-state index < -0.39 is 35.0 Å². The fraction of sp³-hybridized carbons (Fsp3) is 0.381. The van der Waals surface area contributed by atoms with Gasteiger partial charge in [0.15, 0.2) is 0 Å². The van der Waals surface area contributed by atoms with E-state index in [1.807, 2.05) is 18.2 Å². The Morgan fingerprint density at radius 1 is 1.23 bits per heavy atom. The lowest BCUT2D eigenvalue weighted by atomic mass is 10.0. The van der Waals surface area contributed by atoms with Gasteiger partial charge in [0, 0.05) is 0 Å². The quantitative estimate of drug-likeness (QED) is 0.514. The lowest BCUT2D eigenvalue weighted by molar-refractivity contribution is 0.0828. The second kappa shape index (κ2) is 10.3. The van der Waals surface area contributed by atoms with Crippen molar-refractivity contribution in [2.75, 3.05) is 12.9 Å². The molecular weight excluding hydrogens is 446 g/mol. The highest BCUT2D eigenvalue weighted by atomic mass is 35.5. The highest BCUT2D eigenvalue weighted by molar-refractivity contribution is 7.85. The van der Waals surface area contributed by atoms with Crippen molar-refractivity contribution in [3.63, 3.8) is 0 Å². The standard InChI is InChI=1S/C21H24ClNO7S/c1-31(26,27)29-13-18(23-21(25)28-12-14-5-3-2-4-6-14)20(24)15-7-10-19(17(22)11-15)30-16-8-9-16/h2-7,10-11,16,18,20,24H,8-9,12-13H2,1H3,(H,23,25)/t18-,20-/m1/s1. The first-order valence-corrected chi connectivity index (χ1v) is 11.9. The summed E-state index contributed by atoms with van der Waals surface area (Å²) in [6, 6.07) is 12.7. The molecule has 0 spiro atoms. The topological polar surface area (TPSA) is 111 Å². The van der Waals surface area contributed by atoms with E-state index in [0.717, 1.165) is 24.7 Å². The number of alkyl carbamates (subject to hydrolysis) is 1. The van der Waals surface area contributed by atoms with Gasteiger partial charge in [-0.15, -0.1) is 0 Å². The number of hydrogen-bond donors (Lipinski definition) is 2. The van der Waals surface area contributed by atoms with Gasteiger partial charge < -0.3 is 19.9 Å². The molecule has 0 aliphatic heterocycles. The van der Waals surface area contributed by atoms with Crippen LogP contribution >= 0.6 is 11.6 Å². The average molecular weight is 470 g/mol. The molecule has 0 aromatic heterocycles. The van der Waals surface area contributed by atoms with Crippen LogP contribution in [-0.2, 0) is 25.6 Å². The number of rotatable bonds is 10. The van der Waals surface area contributed by atoms with Gasteiger partial charge in [0.25, 0.3) is 10.1 Å². The van der Waals surface area contributed by atoms with Crippen LogP contribution in [0.2, 0.25) is 5.02 Å². The van der Waals surface area contributed by atoms with Gasteiger partial charge in [0.05, 0.1) is 30.0 Å². The predicted molar refractivity (Wildman–Crippen MR) is 114 cm³/mol. The highest BCUT2D eigenvalue weighted by Crippen LogP contribution is 2.34. The minimum atomic E-state index is -3.80. The number of halogens is 1. The normalized spacial score (nSPS) is 15.7. The van der Waals surface area contributed by atoms with Gasteiger partial charge in [-0.1, -0.05) is 48.0 Å². The Bertz CT molecular complexity index is 996. The Labute approximate surface area is 186 Å². The number of carbonyl (C=O) groups excluding carboxylic acids is 1. The third kappa shape index (κ3) is 7.70. The number of aliphatic hydroxyl groups is 1. The maximum absolute atomic E-state index is 12.2. The van der Waals surface area contributed by atoms with Crippen molar-refractivity contribution in [3.05, 3.63) is 64.7 Å². The Morgan fingerprint density at radius 2 is 1.94 bits per heavy atom. The van der Waals surface area contributed by atoms with Crippen LogP contribution in [0.5, 0.6) is 5.75 Å². The molecule has 0 unspecified atom stereocenters. The largest absolute Gasteiger partial charge is 0.489 e. The first-order chi connectivity index (χ1) is 14.7. The molecule has 0 radical (unpaired) electrons. The van der Waals surface area contributed by atoms with Crippen LogP contribution in [0.25, 0.3) is 0 Å². The second-order valence-corrected chi connectivity index (χ2v) is 9.30. The highest BCUT2D eigenvalue weighted by Gasteiger charge is 2.28. The van der Waals surface area contributed by atoms with E-state index in [1.165, 1.54) is 6.07 Å². The summed E-state index contributed by atoms with van der Waals surface area (Å²) in [5.41, 5.74) is 1.14. The predicted octanol–water partition coefficient (Wildman–Crippen LogP) is 3.19. The van der Waals surface area contributed by atoms with Crippen LogP contribution in [0.3, 0.4) is 0 Å². The zero-order valence-corrected chi connectivity index (χ0v) is 18.4. The maximum Gasteiger partial charge on any atom is 0.407 e. The fourth-order valence-corrected chi connectivity index (χ4v) is 3.35. The van der Waals surface area contributed by atoms with E-state index in [1.54, 1.807) is 24.3 Å². The summed E-state index contributed by atoms with van der Waals surface area (Å²) in [5.74, 6) is 0.499. The van der Waals surface area contributed by atoms with Crippen LogP contribution in [0.1, 0.15) is 30.1 Å². The molecule has 2 N–H and O–H groups in total. The summed E-state index contributed by atoms with van der Waals surface area (Å²) in [6.45, 7) is -0.472. The van der Waals surface area contributed by atoms with Crippen molar-refractivity contribution < 1.29 is 32.0 Å². The monoisotopic (exact) mass is 469 g/mol. The van der Waals surface area contributed by atoms with Gasteiger partial charge in [-0.05, 0) is 36.1 Å². The van der Waals surface area contributed by atoms with Gasteiger partial charge >= 0.3 is 6.09 Å². The van der Waals surface area contributed by atoms with Crippen molar-refractivity contribution in [3.8, 4) is 5.75 Å². The van der Waals surface area contributed by atoms with E-state index in [9.17, 15) is 18.3 Å². The number of benzene rings is 2. The van der Waals surface area contributed by atoms with Crippen molar-refractivity contribution in [1.82, 2.24) is 5.32 Å². The molecule has 2 aromatic rings. The molecule has 8 nitrogen and oxygen atoms in total. The van der Waals surface area contributed by atoms with E-state index in [2.05, 4.69) is 5.32 Å². The average Bonchev–Trinajstić information content (AvgIpc) is 3.55. The Kier molecular flexibility index (Phi) is 7.77. The molecule has 1 fully saturated rings. The number of amides is 1. The van der Waals surface area contributed by atoms with Crippen LogP contribution in [0.15, 0.2) is 48.5 Å². The molecule has 1 saturated carbocycles. The van der Waals surface area contributed by atoms with Crippen LogP contribution in [0, 0.1) is 0 Å². The molecule has 1 amide bonds. The molecule has 168 valence electrons. The molecule has 0 saturated heterocycles. The fourth-order valence-electron chi connectivity index (χ4n) is 2.72. The summed E-state index contributed by atoms with van der Waals surface area (Å²) in [7, 11) is -3.80. The number of carbonyl (C=O) groups is 1. The molecule has 2 atom stereocenters. The molecule has 2 aromatic carbocycles. The lowest BCUT2D eigenvalue weighted by Gasteiger charge is -2.24. The molecular formula is C21H24ClNO7S. The third-order valence-corrected chi connectivity index (χ3v) is 5.33. The number of hydrogen-bond acceptors (Lipinski definition) is 7. The number of ether oxygens (including phenoxy) is 2. The third-order valence-electron chi connectivity index (χ3n) is 4.47. The molecule has 1 aliphatic rings. The van der Waals surface area contributed by atoms with Crippen LogP contribution in [-0.4, -0.2) is 44.6 Å². The van der Waals surface area contributed by atoms with Crippen LogP contribution in [0.4, 0.5) is 4.79 Å². The molecule has 31 heavy (non-hydrogen) atoms. The second-order valence-electron chi connectivity index (χ2n) is 7.25. The van der Waals surface area contributed by atoms with Crippen molar-refractivity contribution >= 4 is 27.8 Å².